The van der Waals surface area contributed by atoms with Gasteiger partial charge in [-0.3, -0.25) is 20.2 Å². The number of rotatable bonds is 5. The van der Waals surface area contributed by atoms with Crippen LogP contribution in [-0.2, 0) is 4.79 Å². The maximum atomic E-state index is 11.9. The number of nitrogens with one attached hydrogen (secondary N) is 2. The molecule has 0 atom stereocenters. The molecule has 2 N–H and O–H groups in total. The van der Waals surface area contributed by atoms with Gasteiger partial charge in [-0.2, -0.15) is 0 Å². The zero-order valence-electron chi connectivity index (χ0n) is 13.6. The smallest absolute Gasteiger partial charge is 0.270 e. The van der Waals surface area contributed by atoms with Crippen molar-refractivity contribution in [1.82, 2.24) is 5.32 Å². The number of anilines is 1. The van der Waals surface area contributed by atoms with Gasteiger partial charge < -0.3 is 10.1 Å². The van der Waals surface area contributed by atoms with Crippen molar-refractivity contribution < 1.29 is 14.5 Å². The number of halogens is 1. The first kappa shape index (κ1) is 19.5. The lowest BCUT2D eigenvalue weighted by molar-refractivity contribution is -0.384. The highest BCUT2D eigenvalue weighted by molar-refractivity contribution is 9.10. The van der Waals surface area contributed by atoms with E-state index in [-0.39, 0.29) is 10.8 Å². The maximum Gasteiger partial charge on any atom is 0.270 e. The summed E-state index contributed by atoms with van der Waals surface area (Å²) in [6.07, 6.45) is 2.71. The Bertz CT molecular complexity index is 886. The average molecular weight is 436 g/mol. The van der Waals surface area contributed by atoms with Crippen molar-refractivity contribution in [2.24, 2.45) is 0 Å². The van der Waals surface area contributed by atoms with Gasteiger partial charge in [-0.1, -0.05) is 12.1 Å². The fourth-order valence-corrected chi connectivity index (χ4v) is 2.73. The number of hydrogen-bond donors (Lipinski definition) is 2. The Morgan fingerprint density at radius 1 is 1.31 bits per heavy atom. The molecule has 26 heavy (non-hydrogen) atoms. The summed E-state index contributed by atoms with van der Waals surface area (Å²) < 4.78 is 5.88. The molecule has 0 bridgehead atoms. The van der Waals surface area contributed by atoms with Crippen molar-refractivity contribution in [3.8, 4) is 5.75 Å². The van der Waals surface area contributed by atoms with E-state index >= 15 is 0 Å². The van der Waals surface area contributed by atoms with E-state index in [2.05, 4.69) is 26.6 Å². The summed E-state index contributed by atoms with van der Waals surface area (Å²) in [6.45, 7) is 0. The van der Waals surface area contributed by atoms with Crippen molar-refractivity contribution in [1.29, 1.82) is 0 Å². The normalized spacial score (nSPS) is 10.4. The number of thiocarbonyl (C=S) groups is 1. The Morgan fingerprint density at radius 3 is 2.73 bits per heavy atom. The van der Waals surface area contributed by atoms with Crippen LogP contribution in [0.25, 0.3) is 6.08 Å². The topological polar surface area (TPSA) is 93.5 Å². The van der Waals surface area contributed by atoms with Crippen LogP contribution in [0.5, 0.6) is 5.75 Å². The van der Waals surface area contributed by atoms with Gasteiger partial charge >= 0.3 is 0 Å². The summed E-state index contributed by atoms with van der Waals surface area (Å²) in [4.78, 5) is 22.2. The molecule has 9 heteroatoms. The molecular formula is C17H14BrN3O4S. The van der Waals surface area contributed by atoms with E-state index < -0.39 is 10.8 Å². The molecule has 0 unspecified atom stereocenters. The quantitative estimate of drug-likeness (QED) is 0.320. The van der Waals surface area contributed by atoms with Gasteiger partial charge in [0.1, 0.15) is 5.75 Å². The minimum absolute atomic E-state index is 0.0465. The predicted octanol–water partition coefficient (Wildman–Crippen LogP) is 3.89. The second-order valence-corrected chi connectivity index (χ2v) is 6.24. The van der Waals surface area contributed by atoms with E-state index in [9.17, 15) is 14.9 Å². The van der Waals surface area contributed by atoms with E-state index in [0.717, 1.165) is 4.47 Å². The second kappa shape index (κ2) is 9.07. The number of methoxy groups -OCH3 is 1. The molecule has 0 radical (unpaired) electrons. The minimum Gasteiger partial charge on any atom is -0.496 e. The molecule has 0 saturated carbocycles. The van der Waals surface area contributed by atoms with Gasteiger partial charge in [0, 0.05) is 23.9 Å². The molecule has 134 valence electrons. The van der Waals surface area contributed by atoms with Crippen molar-refractivity contribution in [3.05, 3.63) is 68.7 Å². The molecule has 0 spiro atoms. The van der Waals surface area contributed by atoms with Crippen molar-refractivity contribution in [3.63, 3.8) is 0 Å². The lowest BCUT2D eigenvalue weighted by Crippen LogP contribution is -2.32. The highest BCUT2D eigenvalue weighted by Gasteiger charge is 2.06. The number of non-ortho nitro benzene ring substituents is 1. The van der Waals surface area contributed by atoms with Crippen LogP contribution in [0.1, 0.15) is 5.56 Å². The lowest BCUT2D eigenvalue weighted by atomic mass is 10.2. The third kappa shape index (κ3) is 5.64. The van der Waals surface area contributed by atoms with E-state index in [0.29, 0.717) is 17.0 Å². The summed E-state index contributed by atoms with van der Waals surface area (Å²) in [7, 11) is 1.56. The van der Waals surface area contributed by atoms with Gasteiger partial charge in [-0.05, 0) is 58.0 Å². The van der Waals surface area contributed by atoms with Crippen molar-refractivity contribution in [2.75, 3.05) is 12.4 Å². The first-order valence-corrected chi connectivity index (χ1v) is 8.47. The van der Waals surface area contributed by atoms with E-state index in [1.54, 1.807) is 37.4 Å². The van der Waals surface area contributed by atoms with Gasteiger partial charge in [0.2, 0.25) is 5.91 Å². The molecule has 2 aromatic carbocycles. The van der Waals surface area contributed by atoms with Crippen LogP contribution in [0.3, 0.4) is 0 Å². The Morgan fingerprint density at radius 2 is 2.08 bits per heavy atom. The minimum atomic E-state index is -0.497. The number of nitrogens with zero attached hydrogens (tertiary/aromatic N) is 1. The second-order valence-electron chi connectivity index (χ2n) is 4.98. The molecule has 0 aliphatic rings. The number of hydrogen-bond acceptors (Lipinski definition) is 5. The standard InChI is InChI=1S/C17H14BrN3O4S/c1-25-15-7-6-12(10-14(15)18)19-17(26)20-16(22)8-5-11-3-2-4-13(9-11)21(23)24/h2-10H,1H3,(H2,19,20,22,26). The van der Waals surface area contributed by atoms with E-state index in [4.69, 9.17) is 17.0 Å². The molecule has 0 heterocycles. The summed E-state index contributed by atoms with van der Waals surface area (Å²) in [5.41, 5.74) is 1.16. The first-order chi connectivity index (χ1) is 12.4. The highest BCUT2D eigenvalue weighted by atomic mass is 79.9. The van der Waals surface area contributed by atoms with E-state index in [1.165, 1.54) is 24.3 Å². The summed E-state index contributed by atoms with van der Waals surface area (Å²) in [5, 5.41) is 16.2. The van der Waals surface area contributed by atoms with Gasteiger partial charge in [0.05, 0.1) is 16.5 Å². The Balaban J connectivity index is 1.94. The SMILES string of the molecule is COc1ccc(NC(=S)NC(=O)C=Cc2cccc([N+](=O)[O-])c2)cc1Br. The monoisotopic (exact) mass is 435 g/mol. The summed E-state index contributed by atoms with van der Waals surface area (Å²) >= 11 is 8.45. The molecule has 0 aromatic heterocycles. The Kier molecular flexibility index (Phi) is 6.81. The largest absolute Gasteiger partial charge is 0.496 e. The zero-order valence-corrected chi connectivity index (χ0v) is 16.0. The van der Waals surface area contributed by atoms with Crippen LogP contribution in [0, 0.1) is 10.1 Å². The molecule has 0 aliphatic carbocycles. The van der Waals surface area contributed by atoms with Crippen molar-refractivity contribution >= 4 is 56.6 Å². The van der Waals surface area contributed by atoms with Crippen LogP contribution in [-0.4, -0.2) is 23.1 Å². The Hall–Kier alpha value is -2.78. The van der Waals surface area contributed by atoms with Crippen molar-refractivity contribution in [2.45, 2.75) is 0 Å². The van der Waals surface area contributed by atoms with Crippen LogP contribution in [0.2, 0.25) is 0 Å². The lowest BCUT2D eigenvalue weighted by Gasteiger charge is -2.10. The fourth-order valence-electron chi connectivity index (χ4n) is 1.97. The predicted molar refractivity (Wildman–Crippen MR) is 107 cm³/mol. The number of ether oxygens (including phenoxy) is 1. The molecule has 2 rings (SSSR count). The number of nitro benzene ring substituents is 1. The van der Waals surface area contributed by atoms with E-state index in [1.807, 2.05) is 0 Å². The van der Waals surface area contributed by atoms with Crippen LogP contribution >= 0.6 is 28.1 Å². The number of carbonyl (C=O) groups is 1. The van der Waals surface area contributed by atoms with Gasteiger partial charge in [-0.15, -0.1) is 0 Å². The van der Waals surface area contributed by atoms with Gasteiger partial charge in [0.15, 0.2) is 5.11 Å². The first-order valence-electron chi connectivity index (χ1n) is 7.27. The molecule has 1 amide bonds. The van der Waals surface area contributed by atoms with Crippen LogP contribution in [0.4, 0.5) is 11.4 Å². The Labute approximate surface area is 163 Å². The zero-order chi connectivity index (χ0) is 19.1. The third-order valence-corrected chi connectivity index (χ3v) is 3.98. The van der Waals surface area contributed by atoms with Gasteiger partial charge in [0.25, 0.3) is 5.69 Å². The molecule has 2 aromatic rings. The number of benzene rings is 2. The third-order valence-electron chi connectivity index (χ3n) is 3.15. The number of amides is 1. The maximum absolute atomic E-state index is 11.9. The molecular weight excluding hydrogens is 422 g/mol. The molecule has 0 fully saturated rings. The number of carbonyl (C=O) groups excluding carboxylic acids is 1. The molecule has 0 saturated heterocycles. The molecule has 7 nitrogen and oxygen atoms in total. The summed E-state index contributed by atoms with van der Waals surface area (Å²) in [6, 6.07) is 11.2. The van der Waals surface area contributed by atoms with Crippen LogP contribution in [0.15, 0.2) is 53.0 Å². The summed E-state index contributed by atoms with van der Waals surface area (Å²) in [5.74, 6) is 0.215. The number of nitro groups is 1. The average Bonchev–Trinajstić information content (AvgIpc) is 2.60. The van der Waals surface area contributed by atoms with Crippen LogP contribution < -0.4 is 15.4 Å². The fraction of sp³-hybridized carbons (Fsp3) is 0.0588. The molecule has 0 aliphatic heterocycles. The van der Waals surface area contributed by atoms with Gasteiger partial charge in [-0.25, -0.2) is 0 Å². The highest BCUT2D eigenvalue weighted by Crippen LogP contribution is 2.27.